The Kier molecular flexibility index (Phi) is 5.98. The first-order chi connectivity index (χ1) is 9.40. The van der Waals surface area contributed by atoms with Gasteiger partial charge < -0.3 is 14.5 Å². The molecule has 1 heterocycles. The van der Waals surface area contributed by atoms with Crippen LogP contribution in [0.15, 0.2) is 0 Å². The van der Waals surface area contributed by atoms with Crippen molar-refractivity contribution in [3.05, 3.63) is 0 Å². The van der Waals surface area contributed by atoms with Crippen LogP contribution in [-0.2, 0) is 19.1 Å². The van der Waals surface area contributed by atoms with E-state index in [1.54, 1.807) is 11.8 Å². The summed E-state index contributed by atoms with van der Waals surface area (Å²) in [6, 6.07) is 0.0976. The molecule has 1 rings (SSSR count). The minimum atomic E-state index is -0.410. The first kappa shape index (κ1) is 16.5. The lowest BCUT2D eigenvalue weighted by atomic mass is 10.1. The highest BCUT2D eigenvalue weighted by Crippen LogP contribution is 2.22. The van der Waals surface area contributed by atoms with E-state index in [-0.39, 0.29) is 36.7 Å². The molecule has 20 heavy (non-hydrogen) atoms. The summed E-state index contributed by atoms with van der Waals surface area (Å²) >= 11 is 0. The number of carbonyl (C=O) groups excluding carboxylic acids is 3. The van der Waals surface area contributed by atoms with Crippen LogP contribution in [0.1, 0.15) is 34.1 Å². The van der Waals surface area contributed by atoms with Gasteiger partial charge in [-0.25, -0.2) is 0 Å². The lowest BCUT2D eigenvalue weighted by Gasteiger charge is -2.24. The predicted molar refractivity (Wildman–Crippen MR) is 73.8 cm³/mol. The molecule has 0 bridgehead atoms. The van der Waals surface area contributed by atoms with Crippen LogP contribution < -0.4 is 0 Å². The Balaban J connectivity index is 2.64. The van der Waals surface area contributed by atoms with Gasteiger partial charge in [-0.2, -0.15) is 0 Å². The Bertz CT molecular complexity index is 381. The van der Waals surface area contributed by atoms with Crippen molar-refractivity contribution in [2.75, 3.05) is 26.2 Å². The summed E-state index contributed by atoms with van der Waals surface area (Å²) < 4.78 is 4.86. The summed E-state index contributed by atoms with van der Waals surface area (Å²) in [6.07, 6.45) is 0.232. The van der Waals surface area contributed by atoms with Gasteiger partial charge in [0.25, 0.3) is 0 Å². The molecule has 114 valence electrons. The zero-order valence-corrected chi connectivity index (χ0v) is 12.7. The Morgan fingerprint density at radius 3 is 2.50 bits per heavy atom. The quantitative estimate of drug-likeness (QED) is 0.672. The Morgan fingerprint density at radius 2 is 2.05 bits per heavy atom. The molecule has 0 saturated carbocycles. The third kappa shape index (κ3) is 3.95. The summed E-state index contributed by atoms with van der Waals surface area (Å²) in [4.78, 5) is 38.8. The average Bonchev–Trinajstić information content (AvgIpc) is 2.77. The minimum Gasteiger partial charge on any atom is -0.465 e. The lowest BCUT2D eigenvalue weighted by molar-refractivity contribution is -0.150. The fourth-order valence-corrected chi connectivity index (χ4v) is 2.36. The van der Waals surface area contributed by atoms with E-state index < -0.39 is 5.97 Å². The van der Waals surface area contributed by atoms with E-state index in [0.29, 0.717) is 19.7 Å². The standard InChI is InChI=1S/C14H24N2O4/c1-5-15(9-13(18)20-6-2)14(19)11-7-12(17)16(8-11)10(3)4/h10-11H,5-9H2,1-4H3. The summed E-state index contributed by atoms with van der Waals surface area (Å²) in [5.41, 5.74) is 0. The molecule has 0 radical (unpaired) electrons. The Labute approximate surface area is 120 Å². The van der Waals surface area contributed by atoms with Crippen molar-refractivity contribution in [1.82, 2.24) is 9.80 Å². The molecule has 1 saturated heterocycles. The SMILES string of the molecule is CCOC(=O)CN(CC)C(=O)C1CC(=O)N(C(C)C)C1. The molecule has 0 aromatic rings. The van der Waals surface area contributed by atoms with Crippen LogP contribution in [-0.4, -0.2) is 59.9 Å². The zero-order chi connectivity index (χ0) is 15.3. The van der Waals surface area contributed by atoms with E-state index in [4.69, 9.17) is 4.74 Å². The molecule has 0 aromatic carbocycles. The number of esters is 1. The normalized spacial score (nSPS) is 18.6. The van der Waals surface area contributed by atoms with Gasteiger partial charge in [0.05, 0.1) is 12.5 Å². The average molecular weight is 284 g/mol. The molecule has 0 spiro atoms. The molecular weight excluding hydrogens is 260 g/mol. The number of carbonyl (C=O) groups is 3. The maximum absolute atomic E-state index is 12.4. The van der Waals surface area contributed by atoms with E-state index >= 15 is 0 Å². The Hall–Kier alpha value is -1.59. The van der Waals surface area contributed by atoms with Crippen molar-refractivity contribution in [1.29, 1.82) is 0 Å². The monoisotopic (exact) mass is 284 g/mol. The second-order valence-corrected chi connectivity index (χ2v) is 5.20. The fraction of sp³-hybridized carbons (Fsp3) is 0.786. The molecule has 0 aromatic heterocycles. The van der Waals surface area contributed by atoms with Crippen LogP contribution in [0.3, 0.4) is 0 Å². The third-order valence-electron chi connectivity index (χ3n) is 3.45. The smallest absolute Gasteiger partial charge is 0.325 e. The van der Waals surface area contributed by atoms with Crippen LogP contribution in [0.2, 0.25) is 0 Å². The van der Waals surface area contributed by atoms with Gasteiger partial charge in [-0.15, -0.1) is 0 Å². The second-order valence-electron chi connectivity index (χ2n) is 5.20. The number of likely N-dealkylation sites (tertiary alicyclic amines) is 1. The number of hydrogen-bond donors (Lipinski definition) is 0. The largest absolute Gasteiger partial charge is 0.465 e. The van der Waals surface area contributed by atoms with Crippen LogP contribution in [0.25, 0.3) is 0 Å². The van der Waals surface area contributed by atoms with E-state index in [1.165, 1.54) is 4.90 Å². The Morgan fingerprint density at radius 1 is 1.40 bits per heavy atom. The summed E-state index contributed by atoms with van der Waals surface area (Å²) in [5.74, 6) is -0.894. The van der Waals surface area contributed by atoms with Gasteiger partial charge in [0.1, 0.15) is 6.54 Å². The van der Waals surface area contributed by atoms with Crippen LogP contribution in [0.4, 0.5) is 0 Å². The van der Waals surface area contributed by atoms with E-state index in [9.17, 15) is 14.4 Å². The van der Waals surface area contributed by atoms with Crippen molar-refractivity contribution in [2.45, 2.75) is 40.2 Å². The van der Waals surface area contributed by atoms with Crippen LogP contribution >= 0.6 is 0 Å². The highest BCUT2D eigenvalue weighted by atomic mass is 16.5. The highest BCUT2D eigenvalue weighted by molar-refractivity contribution is 5.90. The lowest BCUT2D eigenvalue weighted by Crippen LogP contribution is -2.41. The predicted octanol–water partition coefficient (Wildman–Crippen LogP) is 0.655. The van der Waals surface area contributed by atoms with E-state index in [0.717, 1.165) is 0 Å². The van der Waals surface area contributed by atoms with Crippen molar-refractivity contribution >= 4 is 17.8 Å². The molecule has 0 aliphatic carbocycles. The van der Waals surface area contributed by atoms with Crippen molar-refractivity contribution in [3.63, 3.8) is 0 Å². The molecule has 1 aliphatic heterocycles. The molecular formula is C14H24N2O4. The van der Waals surface area contributed by atoms with Crippen molar-refractivity contribution in [2.24, 2.45) is 5.92 Å². The summed E-state index contributed by atoms with van der Waals surface area (Å²) in [5, 5.41) is 0. The number of rotatable bonds is 6. The summed E-state index contributed by atoms with van der Waals surface area (Å²) in [7, 11) is 0. The molecule has 1 aliphatic rings. The second kappa shape index (κ2) is 7.26. The number of nitrogens with zero attached hydrogens (tertiary/aromatic N) is 2. The van der Waals surface area contributed by atoms with Crippen LogP contribution in [0, 0.1) is 5.92 Å². The number of ether oxygens (including phenoxy) is 1. The zero-order valence-electron chi connectivity index (χ0n) is 12.7. The topological polar surface area (TPSA) is 66.9 Å². The number of amides is 2. The van der Waals surface area contributed by atoms with E-state index in [2.05, 4.69) is 0 Å². The molecule has 0 N–H and O–H groups in total. The maximum Gasteiger partial charge on any atom is 0.325 e. The third-order valence-corrected chi connectivity index (χ3v) is 3.45. The fourth-order valence-electron chi connectivity index (χ4n) is 2.36. The maximum atomic E-state index is 12.4. The molecule has 1 atom stereocenters. The molecule has 6 nitrogen and oxygen atoms in total. The van der Waals surface area contributed by atoms with Crippen LogP contribution in [0.5, 0.6) is 0 Å². The van der Waals surface area contributed by atoms with Gasteiger partial charge in [-0.1, -0.05) is 0 Å². The van der Waals surface area contributed by atoms with Gasteiger partial charge in [0, 0.05) is 25.6 Å². The van der Waals surface area contributed by atoms with Crippen molar-refractivity contribution in [3.8, 4) is 0 Å². The van der Waals surface area contributed by atoms with Gasteiger partial charge in [-0.3, -0.25) is 14.4 Å². The molecule has 2 amide bonds. The first-order valence-corrected chi connectivity index (χ1v) is 7.14. The minimum absolute atomic E-state index is 0.00513. The van der Waals surface area contributed by atoms with Gasteiger partial charge in [0.2, 0.25) is 11.8 Å². The van der Waals surface area contributed by atoms with Gasteiger partial charge in [0.15, 0.2) is 0 Å². The number of hydrogen-bond acceptors (Lipinski definition) is 4. The number of likely N-dealkylation sites (N-methyl/N-ethyl adjacent to an activating group) is 1. The highest BCUT2D eigenvalue weighted by Gasteiger charge is 2.37. The van der Waals surface area contributed by atoms with Gasteiger partial charge >= 0.3 is 5.97 Å². The van der Waals surface area contributed by atoms with Crippen molar-refractivity contribution < 1.29 is 19.1 Å². The summed E-state index contributed by atoms with van der Waals surface area (Å²) in [6.45, 7) is 8.53. The molecule has 1 fully saturated rings. The van der Waals surface area contributed by atoms with Gasteiger partial charge in [-0.05, 0) is 27.7 Å². The van der Waals surface area contributed by atoms with E-state index in [1.807, 2.05) is 20.8 Å². The molecule has 1 unspecified atom stereocenters. The molecule has 6 heteroatoms. The first-order valence-electron chi connectivity index (χ1n) is 7.14.